The van der Waals surface area contributed by atoms with E-state index < -0.39 is 0 Å². The summed E-state index contributed by atoms with van der Waals surface area (Å²) >= 11 is 8.00. The van der Waals surface area contributed by atoms with Crippen LogP contribution < -0.4 is 15.1 Å². The van der Waals surface area contributed by atoms with Gasteiger partial charge in [-0.25, -0.2) is 4.98 Å². The van der Waals surface area contributed by atoms with Gasteiger partial charge < -0.3 is 19.9 Å². The molecule has 7 nitrogen and oxygen atoms in total. The normalized spacial score (nSPS) is 17.6. The molecule has 36 heavy (non-hydrogen) atoms. The first kappa shape index (κ1) is 23.5. The number of carbonyl (C=O) groups is 2. The topological polar surface area (TPSA) is 74.8 Å². The van der Waals surface area contributed by atoms with Gasteiger partial charge in [0.25, 0.3) is 11.8 Å². The van der Waals surface area contributed by atoms with E-state index in [2.05, 4.69) is 10.2 Å². The SMILES string of the molecule is O=C(NC1CC1)c1cc2c(s1)-c1ccccc1N(C(=O)c1ccc(Cl)c(N3CCCOCC3)n1)CC2. The third kappa shape index (κ3) is 4.61. The lowest BCUT2D eigenvalue weighted by Crippen LogP contribution is -2.34. The van der Waals surface area contributed by atoms with Crippen molar-refractivity contribution in [3.05, 3.63) is 63.6 Å². The fourth-order valence-corrected chi connectivity index (χ4v) is 6.14. The Bertz CT molecular complexity index is 1310. The zero-order chi connectivity index (χ0) is 24.6. The van der Waals surface area contributed by atoms with Crippen molar-refractivity contribution in [3.8, 4) is 10.4 Å². The molecule has 0 bridgehead atoms. The predicted molar refractivity (Wildman–Crippen MR) is 143 cm³/mol. The van der Waals surface area contributed by atoms with Gasteiger partial charge in [0.15, 0.2) is 0 Å². The van der Waals surface area contributed by atoms with Crippen LogP contribution >= 0.6 is 22.9 Å². The second kappa shape index (κ2) is 9.84. The molecule has 0 radical (unpaired) electrons. The smallest absolute Gasteiger partial charge is 0.276 e. The highest BCUT2D eigenvalue weighted by Crippen LogP contribution is 2.42. The van der Waals surface area contributed by atoms with Gasteiger partial charge in [-0.2, -0.15) is 0 Å². The molecule has 1 aromatic carbocycles. The van der Waals surface area contributed by atoms with Crippen molar-refractivity contribution < 1.29 is 14.3 Å². The van der Waals surface area contributed by atoms with Crippen LogP contribution in [0.5, 0.6) is 0 Å². The summed E-state index contributed by atoms with van der Waals surface area (Å²) in [5.74, 6) is 0.465. The molecule has 0 atom stereocenters. The Morgan fingerprint density at radius 3 is 2.81 bits per heavy atom. The summed E-state index contributed by atoms with van der Waals surface area (Å²) in [6.07, 6.45) is 3.66. The Morgan fingerprint density at radius 2 is 1.94 bits per heavy atom. The number of nitrogens with zero attached hydrogens (tertiary/aromatic N) is 3. The Labute approximate surface area is 219 Å². The van der Waals surface area contributed by atoms with E-state index in [4.69, 9.17) is 21.3 Å². The van der Waals surface area contributed by atoms with E-state index in [1.165, 1.54) is 11.3 Å². The number of para-hydroxylation sites is 1. The molecule has 186 valence electrons. The fraction of sp³-hybridized carbons (Fsp3) is 0.370. The van der Waals surface area contributed by atoms with Crippen molar-refractivity contribution in [2.24, 2.45) is 0 Å². The van der Waals surface area contributed by atoms with Crippen LogP contribution in [0.2, 0.25) is 5.02 Å². The number of anilines is 2. The number of amides is 2. The zero-order valence-corrected chi connectivity index (χ0v) is 21.4. The zero-order valence-electron chi connectivity index (χ0n) is 19.8. The summed E-state index contributed by atoms with van der Waals surface area (Å²) in [6.45, 7) is 3.30. The maximum absolute atomic E-state index is 13.8. The van der Waals surface area contributed by atoms with Gasteiger partial charge in [0.1, 0.15) is 11.5 Å². The molecule has 0 unspecified atom stereocenters. The second-order valence-electron chi connectivity index (χ2n) is 9.39. The molecular formula is C27H27ClN4O3S. The summed E-state index contributed by atoms with van der Waals surface area (Å²) < 4.78 is 5.57. The molecule has 2 aromatic heterocycles. The van der Waals surface area contributed by atoms with E-state index in [-0.39, 0.29) is 11.8 Å². The van der Waals surface area contributed by atoms with Crippen molar-refractivity contribution >= 4 is 46.3 Å². The molecule has 9 heteroatoms. The largest absolute Gasteiger partial charge is 0.380 e. The highest BCUT2D eigenvalue weighted by molar-refractivity contribution is 7.17. The van der Waals surface area contributed by atoms with E-state index in [9.17, 15) is 9.59 Å². The van der Waals surface area contributed by atoms with Gasteiger partial charge in [-0.15, -0.1) is 11.3 Å². The molecule has 6 rings (SSSR count). The lowest BCUT2D eigenvalue weighted by Gasteiger charge is -2.25. The van der Waals surface area contributed by atoms with E-state index >= 15 is 0 Å². The van der Waals surface area contributed by atoms with Gasteiger partial charge in [-0.3, -0.25) is 9.59 Å². The molecular weight excluding hydrogens is 496 g/mol. The van der Waals surface area contributed by atoms with Crippen LogP contribution in [0.3, 0.4) is 0 Å². The minimum atomic E-state index is -0.159. The molecule has 3 aliphatic rings. The van der Waals surface area contributed by atoms with Gasteiger partial charge >= 0.3 is 0 Å². The molecule has 1 saturated heterocycles. The quantitative estimate of drug-likeness (QED) is 0.533. The predicted octanol–water partition coefficient (Wildman–Crippen LogP) is 4.79. The van der Waals surface area contributed by atoms with Crippen LogP contribution in [0.4, 0.5) is 11.5 Å². The number of nitrogens with one attached hydrogen (secondary N) is 1. The average molecular weight is 523 g/mol. The maximum atomic E-state index is 13.8. The van der Waals surface area contributed by atoms with E-state index in [1.807, 2.05) is 30.3 Å². The number of pyridine rings is 1. The Morgan fingerprint density at radius 1 is 1.08 bits per heavy atom. The van der Waals surface area contributed by atoms with Gasteiger partial charge in [0.05, 0.1) is 22.2 Å². The lowest BCUT2D eigenvalue weighted by molar-refractivity contribution is 0.0952. The van der Waals surface area contributed by atoms with Gasteiger partial charge in [-0.05, 0) is 55.5 Å². The molecule has 1 N–H and O–H groups in total. The first-order chi connectivity index (χ1) is 17.6. The number of benzene rings is 1. The van der Waals surface area contributed by atoms with E-state index in [0.29, 0.717) is 55.3 Å². The van der Waals surface area contributed by atoms with Crippen LogP contribution in [0.15, 0.2) is 42.5 Å². The average Bonchev–Trinajstić information content (AvgIpc) is 3.68. The van der Waals surface area contributed by atoms with Gasteiger partial charge in [-0.1, -0.05) is 29.8 Å². The molecule has 2 fully saturated rings. The van der Waals surface area contributed by atoms with Crippen molar-refractivity contribution in [2.75, 3.05) is 42.6 Å². The number of halogens is 1. The molecule has 3 aromatic rings. The third-order valence-electron chi connectivity index (χ3n) is 6.80. The summed E-state index contributed by atoms with van der Waals surface area (Å²) in [7, 11) is 0. The number of fused-ring (bicyclic) bond motifs is 3. The van der Waals surface area contributed by atoms with Crippen LogP contribution in [-0.4, -0.2) is 55.7 Å². The Hall–Kier alpha value is -2.94. The summed E-state index contributed by atoms with van der Waals surface area (Å²) in [4.78, 5) is 36.9. The van der Waals surface area contributed by atoms with Crippen LogP contribution in [0, 0.1) is 0 Å². The number of hydrogen-bond acceptors (Lipinski definition) is 6. The van der Waals surface area contributed by atoms with Crippen molar-refractivity contribution in [2.45, 2.75) is 31.7 Å². The van der Waals surface area contributed by atoms with Crippen LogP contribution in [0.1, 0.15) is 45.0 Å². The minimum absolute atomic E-state index is 0.00204. The molecule has 2 amide bonds. The molecule has 0 spiro atoms. The van der Waals surface area contributed by atoms with Crippen molar-refractivity contribution in [3.63, 3.8) is 0 Å². The Kier molecular flexibility index (Phi) is 6.41. The van der Waals surface area contributed by atoms with Gasteiger partial charge in [0, 0.05) is 42.7 Å². The number of hydrogen-bond donors (Lipinski definition) is 1. The highest BCUT2D eigenvalue weighted by Gasteiger charge is 2.30. The third-order valence-corrected chi connectivity index (χ3v) is 8.31. The molecule has 1 aliphatic carbocycles. The van der Waals surface area contributed by atoms with Crippen LogP contribution in [-0.2, 0) is 11.2 Å². The van der Waals surface area contributed by atoms with Gasteiger partial charge in [0.2, 0.25) is 0 Å². The number of carbonyl (C=O) groups excluding carboxylic acids is 2. The van der Waals surface area contributed by atoms with Crippen LogP contribution in [0.25, 0.3) is 10.4 Å². The first-order valence-electron chi connectivity index (χ1n) is 12.4. The number of rotatable bonds is 4. The second-order valence-corrected chi connectivity index (χ2v) is 10.9. The van der Waals surface area contributed by atoms with E-state index in [0.717, 1.165) is 52.4 Å². The van der Waals surface area contributed by atoms with Crippen molar-refractivity contribution in [1.82, 2.24) is 10.3 Å². The number of ether oxygens (including phenoxy) is 1. The Balaban J connectivity index is 1.31. The van der Waals surface area contributed by atoms with Crippen molar-refractivity contribution in [1.29, 1.82) is 0 Å². The molecule has 4 heterocycles. The highest BCUT2D eigenvalue weighted by atomic mass is 35.5. The lowest BCUT2D eigenvalue weighted by atomic mass is 10.1. The maximum Gasteiger partial charge on any atom is 0.276 e. The minimum Gasteiger partial charge on any atom is -0.380 e. The summed E-state index contributed by atoms with van der Waals surface area (Å²) in [5.41, 5.74) is 3.26. The summed E-state index contributed by atoms with van der Waals surface area (Å²) in [6, 6.07) is 13.7. The van der Waals surface area contributed by atoms with E-state index in [1.54, 1.807) is 17.0 Å². The number of thiophene rings is 1. The standard InChI is InChI=1S/C27H27ClN4O3S/c28-20-8-9-21(30-25(20)31-11-3-14-35-15-13-31)27(34)32-12-10-17-16-23(26(33)29-18-6-7-18)36-24(17)19-4-1-2-5-22(19)32/h1-2,4-5,8-9,16,18H,3,6-7,10-15H2,(H,29,33). The summed E-state index contributed by atoms with van der Waals surface area (Å²) in [5, 5.41) is 3.62. The monoisotopic (exact) mass is 522 g/mol. The first-order valence-corrected chi connectivity index (χ1v) is 13.6. The number of aromatic nitrogens is 1. The molecule has 2 aliphatic heterocycles. The molecule has 1 saturated carbocycles. The fourth-order valence-electron chi connectivity index (χ4n) is 4.77.